The Morgan fingerprint density at radius 1 is 1.11 bits per heavy atom. The third-order valence-corrected chi connectivity index (χ3v) is 5.61. The first-order valence-corrected chi connectivity index (χ1v) is 9.43. The molecule has 1 aromatic heterocycles. The highest BCUT2D eigenvalue weighted by molar-refractivity contribution is 6.07. The average Bonchev–Trinajstić information content (AvgIpc) is 2.96. The van der Waals surface area contributed by atoms with Crippen molar-refractivity contribution in [2.24, 2.45) is 5.92 Å². The molecule has 0 spiro atoms. The van der Waals surface area contributed by atoms with E-state index in [0.717, 1.165) is 37.1 Å². The zero-order valence-corrected chi connectivity index (χ0v) is 15.4. The topological polar surface area (TPSA) is 74.3 Å². The number of carbonyl (C=O) groups is 2. The van der Waals surface area contributed by atoms with Crippen LogP contribution in [-0.4, -0.2) is 34.9 Å². The molecule has 0 aliphatic carbocycles. The molecule has 2 aliphatic rings. The Kier molecular flexibility index (Phi) is 4.66. The van der Waals surface area contributed by atoms with Gasteiger partial charge in [-0.25, -0.2) is 4.79 Å². The van der Waals surface area contributed by atoms with Gasteiger partial charge >= 0.3 is 6.03 Å². The van der Waals surface area contributed by atoms with Crippen molar-refractivity contribution in [3.63, 3.8) is 0 Å². The Labute approximate surface area is 159 Å². The van der Waals surface area contributed by atoms with E-state index < -0.39 is 5.54 Å². The molecule has 3 heterocycles. The second-order valence-electron chi connectivity index (χ2n) is 7.35. The molecule has 6 heteroatoms. The molecule has 0 saturated carbocycles. The van der Waals surface area contributed by atoms with E-state index in [2.05, 4.69) is 15.6 Å². The Morgan fingerprint density at radius 3 is 2.52 bits per heavy atom. The maximum Gasteiger partial charge on any atom is 0.325 e. The van der Waals surface area contributed by atoms with Gasteiger partial charge in [0.2, 0.25) is 0 Å². The summed E-state index contributed by atoms with van der Waals surface area (Å²) in [6, 6.07) is 13.1. The number of aromatic nitrogens is 1. The van der Waals surface area contributed by atoms with Crippen LogP contribution in [0.4, 0.5) is 4.79 Å². The monoisotopic (exact) mass is 364 g/mol. The molecule has 140 valence electrons. The molecular weight excluding hydrogens is 340 g/mol. The number of carbonyl (C=O) groups excluding carboxylic acids is 2. The predicted octanol–water partition coefficient (Wildman–Crippen LogP) is 2.34. The minimum atomic E-state index is -1.08. The SMILES string of the molecule is Cc1ccc(CN2C(=O)N[C@](c3ccccn3)(C3CCNCC3)C2=O)cc1. The number of piperidine rings is 1. The van der Waals surface area contributed by atoms with Crippen LogP contribution in [-0.2, 0) is 16.9 Å². The molecule has 6 nitrogen and oxygen atoms in total. The third kappa shape index (κ3) is 3.10. The number of hydrogen-bond donors (Lipinski definition) is 2. The van der Waals surface area contributed by atoms with Crippen LogP contribution in [0, 0.1) is 12.8 Å². The summed E-state index contributed by atoms with van der Waals surface area (Å²) in [6.07, 6.45) is 3.32. The van der Waals surface area contributed by atoms with Crippen molar-refractivity contribution in [2.45, 2.75) is 31.8 Å². The summed E-state index contributed by atoms with van der Waals surface area (Å²) in [5.41, 5.74) is 1.63. The average molecular weight is 364 g/mol. The highest BCUT2D eigenvalue weighted by atomic mass is 16.2. The van der Waals surface area contributed by atoms with Gasteiger partial charge in [-0.3, -0.25) is 14.7 Å². The van der Waals surface area contributed by atoms with Gasteiger partial charge in [0, 0.05) is 6.20 Å². The number of rotatable bonds is 4. The lowest BCUT2D eigenvalue weighted by atomic mass is 9.75. The van der Waals surface area contributed by atoms with Crippen LogP contribution in [0.5, 0.6) is 0 Å². The summed E-state index contributed by atoms with van der Waals surface area (Å²) >= 11 is 0. The van der Waals surface area contributed by atoms with Crippen molar-refractivity contribution in [1.82, 2.24) is 20.5 Å². The van der Waals surface area contributed by atoms with Crippen molar-refractivity contribution in [3.05, 3.63) is 65.5 Å². The number of pyridine rings is 1. The molecule has 1 aromatic carbocycles. The van der Waals surface area contributed by atoms with Gasteiger partial charge in [0.25, 0.3) is 5.91 Å². The zero-order chi connectivity index (χ0) is 18.9. The predicted molar refractivity (Wildman–Crippen MR) is 102 cm³/mol. The van der Waals surface area contributed by atoms with Crippen molar-refractivity contribution in [1.29, 1.82) is 0 Å². The van der Waals surface area contributed by atoms with Crippen molar-refractivity contribution >= 4 is 11.9 Å². The summed E-state index contributed by atoms with van der Waals surface area (Å²) < 4.78 is 0. The fraction of sp³-hybridized carbons (Fsp3) is 0.381. The van der Waals surface area contributed by atoms with E-state index in [-0.39, 0.29) is 24.4 Å². The van der Waals surface area contributed by atoms with Gasteiger partial charge in [0.1, 0.15) is 0 Å². The quantitative estimate of drug-likeness (QED) is 0.817. The lowest BCUT2D eigenvalue weighted by molar-refractivity contribution is -0.134. The van der Waals surface area contributed by atoms with Gasteiger partial charge in [-0.1, -0.05) is 35.9 Å². The Balaban J connectivity index is 1.70. The van der Waals surface area contributed by atoms with E-state index in [1.54, 1.807) is 6.20 Å². The lowest BCUT2D eigenvalue weighted by Crippen LogP contribution is -2.53. The van der Waals surface area contributed by atoms with Crippen LogP contribution in [0.15, 0.2) is 48.7 Å². The van der Waals surface area contributed by atoms with Crippen LogP contribution in [0.3, 0.4) is 0 Å². The summed E-state index contributed by atoms with van der Waals surface area (Å²) in [5.74, 6) is -0.174. The van der Waals surface area contributed by atoms with Crippen molar-refractivity contribution in [3.8, 4) is 0 Å². The number of hydrogen-bond acceptors (Lipinski definition) is 4. The molecule has 0 unspecified atom stereocenters. The fourth-order valence-electron chi connectivity index (χ4n) is 4.12. The van der Waals surface area contributed by atoms with Gasteiger partial charge in [0.05, 0.1) is 12.2 Å². The maximum atomic E-state index is 13.6. The molecule has 1 atom stereocenters. The molecule has 2 N–H and O–H groups in total. The van der Waals surface area contributed by atoms with E-state index in [1.165, 1.54) is 4.90 Å². The van der Waals surface area contributed by atoms with Crippen LogP contribution >= 0.6 is 0 Å². The van der Waals surface area contributed by atoms with E-state index in [1.807, 2.05) is 49.4 Å². The molecule has 2 aliphatic heterocycles. The van der Waals surface area contributed by atoms with Gasteiger partial charge in [-0.15, -0.1) is 0 Å². The number of nitrogens with zero attached hydrogens (tertiary/aromatic N) is 2. The first-order valence-electron chi connectivity index (χ1n) is 9.43. The number of imide groups is 1. The first kappa shape index (κ1) is 17.7. The molecule has 3 amide bonds. The number of aryl methyl sites for hydroxylation is 1. The second kappa shape index (κ2) is 7.12. The van der Waals surface area contributed by atoms with Crippen molar-refractivity contribution in [2.75, 3.05) is 13.1 Å². The highest BCUT2D eigenvalue weighted by Gasteiger charge is 2.57. The van der Waals surface area contributed by atoms with Crippen LogP contribution in [0.1, 0.15) is 29.7 Å². The smallest absolute Gasteiger partial charge is 0.318 e. The minimum Gasteiger partial charge on any atom is -0.318 e. The molecule has 27 heavy (non-hydrogen) atoms. The van der Waals surface area contributed by atoms with E-state index in [9.17, 15) is 9.59 Å². The van der Waals surface area contributed by atoms with E-state index in [0.29, 0.717) is 5.69 Å². The summed E-state index contributed by atoms with van der Waals surface area (Å²) in [6.45, 7) is 3.95. The number of urea groups is 1. The molecular formula is C21H24N4O2. The van der Waals surface area contributed by atoms with Gasteiger partial charge in [0.15, 0.2) is 5.54 Å². The highest BCUT2D eigenvalue weighted by Crippen LogP contribution is 2.40. The van der Waals surface area contributed by atoms with Crippen LogP contribution < -0.4 is 10.6 Å². The first-order chi connectivity index (χ1) is 13.1. The summed E-state index contributed by atoms with van der Waals surface area (Å²) in [5, 5.41) is 6.36. The number of amides is 3. The molecule has 4 rings (SSSR count). The lowest BCUT2D eigenvalue weighted by Gasteiger charge is -2.37. The fourth-order valence-corrected chi connectivity index (χ4v) is 4.12. The normalized spacial score (nSPS) is 23.5. The van der Waals surface area contributed by atoms with Crippen LogP contribution in [0.2, 0.25) is 0 Å². The molecule has 2 aromatic rings. The molecule has 0 bridgehead atoms. The van der Waals surface area contributed by atoms with E-state index >= 15 is 0 Å². The Hall–Kier alpha value is -2.73. The maximum absolute atomic E-state index is 13.6. The third-order valence-electron chi connectivity index (χ3n) is 5.61. The van der Waals surface area contributed by atoms with Crippen molar-refractivity contribution < 1.29 is 9.59 Å². The minimum absolute atomic E-state index is 0.0214. The Bertz CT molecular complexity index is 831. The van der Waals surface area contributed by atoms with E-state index in [4.69, 9.17) is 0 Å². The van der Waals surface area contributed by atoms with Crippen LogP contribution in [0.25, 0.3) is 0 Å². The Morgan fingerprint density at radius 2 is 1.85 bits per heavy atom. The number of nitrogens with one attached hydrogen (secondary N) is 2. The number of benzene rings is 1. The summed E-state index contributed by atoms with van der Waals surface area (Å²) in [4.78, 5) is 32.2. The summed E-state index contributed by atoms with van der Waals surface area (Å²) in [7, 11) is 0. The van der Waals surface area contributed by atoms with Gasteiger partial charge < -0.3 is 10.6 Å². The molecule has 2 fully saturated rings. The molecule has 2 saturated heterocycles. The molecule has 0 radical (unpaired) electrons. The standard InChI is InChI=1S/C21H24N4O2/c1-15-5-7-16(8-6-15)14-25-19(26)21(24-20(25)27,17-9-12-22-13-10-17)18-4-2-3-11-23-18/h2-8,11,17,22H,9-10,12-14H2,1H3,(H,24,27)/t21-/m0/s1. The second-order valence-corrected chi connectivity index (χ2v) is 7.35. The van der Waals surface area contributed by atoms with Gasteiger partial charge in [-0.05, 0) is 56.5 Å². The van der Waals surface area contributed by atoms with Gasteiger partial charge in [-0.2, -0.15) is 0 Å². The largest absolute Gasteiger partial charge is 0.325 e. The zero-order valence-electron chi connectivity index (χ0n) is 15.4.